The molecular formula is C16H31N3O3S. The van der Waals surface area contributed by atoms with E-state index < -0.39 is 10.2 Å². The molecule has 7 heteroatoms. The summed E-state index contributed by atoms with van der Waals surface area (Å²) in [7, 11) is -3.42. The molecule has 0 bridgehead atoms. The van der Waals surface area contributed by atoms with E-state index in [9.17, 15) is 13.2 Å². The summed E-state index contributed by atoms with van der Waals surface area (Å²) in [4.78, 5) is 11.4. The van der Waals surface area contributed by atoms with Gasteiger partial charge in [0.05, 0.1) is 0 Å². The highest BCUT2D eigenvalue weighted by Crippen LogP contribution is 2.33. The highest BCUT2D eigenvalue weighted by atomic mass is 32.2. The van der Waals surface area contributed by atoms with E-state index in [4.69, 9.17) is 0 Å². The molecule has 134 valence electrons. The Hall–Kier alpha value is -0.660. The Labute approximate surface area is 140 Å². The molecule has 0 aliphatic carbocycles. The minimum absolute atomic E-state index is 0.0662. The Kier molecular flexibility index (Phi) is 5.74. The molecule has 6 nitrogen and oxygen atoms in total. The lowest BCUT2D eigenvalue weighted by atomic mass is 9.83. The lowest BCUT2D eigenvalue weighted by Crippen LogP contribution is -2.48. The summed E-state index contributed by atoms with van der Waals surface area (Å²) < 4.78 is 29.0. The monoisotopic (exact) mass is 345 g/mol. The van der Waals surface area contributed by atoms with Crippen LogP contribution in [-0.4, -0.2) is 55.2 Å². The molecule has 0 radical (unpaired) electrons. The highest BCUT2D eigenvalue weighted by Gasteiger charge is 2.42. The number of hydrogen-bond donors (Lipinski definition) is 1. The lowest BCUT2D eigenvalue weighted by molar-refractivity contribution is -0.119. The molecule has 1 N–H and O–H groups in total. The fourth-order valence-corrected chi connectivity index (χ4v) is 5.29. The van der Waals surface area contributed by atoms with Crippen LogP contribution in [0.15, 0.2) is 0 Å². The van der Waals surface area contributed by atoms with Gasteiger partial charge >= 0.3 is 0 Å². The molecule has 0 aromatic rings. The van der Waals surface area contributed by atoms with Gasteiger partial charge in [-0.25, -0.2) is 0 Å². The van der Waals surface area contributed by atoms with Crippen molar-refractivity contribution in [2.75, 3.05) is 26.2 Å². The number of rotatable bonds is 5. The van der Waals surface area contributed by atoms with Gasteiger partial charge in [0.2, 0.25) is 5.91 Å². The predicted molar refractivity (Wildman–Crippen MR) is 91.1 cm³/mol. The maximum atomic E-state index is 12.9. The Bertz CT molecular complexity index is 523. The molecule has 2 heterocycles. The molecule has 0 spiro atoms. The van der Waals surface area contributed by atoms with Gasteiger partial charge in [0.1, 0.15) is 0 Å². The number of carbonyl (C=O) groups excluding carboxylic acids is 1. The number of amides is 1. The maximum absolute atomic E-state index is 12.9. The molecule has 0 aromatic carbocycles. The first-order valence-corrected chi connectivity index (χ1v) is 10.1. The standard InChI is InChI=1S/C16H31N3O3S/c1-5-6-14-11-19(12-15(14)17-13(2)20)23(21,22)18-9-7-16(3,4)8-10-18/h14-15H,5-12H2,1-4H3,(H,17,20)/t14-,15-/m0/s1. The zero-order valence-corrected chi connectivity index (χ0v) is 15.7. The fraction of sp³-hybridized carbons (Fsp3) is 0.938. The van der Waals surface area contributed by atoms with Crippen molar-refractivity contribution in [2.45, 2.75) is 59.4 Å². The van der Waals surface area contributed by atoms with Gasteiger partial charge in [-0.2, -0.15) is 17.0 Å². The number of nitrogens with zero attached hydrogens (tertiary/aromatic N) is 2. The van der Waals surface area contributed by atoms with Gasteiger partial charge in [-0.3, -0.25) is 4.79 Å². The van der Waals surface area contributed by atoms with E-state index in [-0.39, 0.29) is 23.3 Å². The summed E-state index contributed by atoms with van der Waals surface area (Å²) in [6.45, 7) is 10.1. The van der Waals surface area contributed by atoms with E-state index in [1.165, 1.54) is 6.92 Å². The van der Waals surface area contributed by atoms with Crippen molar-refractivity contribution in [2.24, 2.45) is 11.3 Å². The third-order valence-corrected chi connectivity index (χ3v) is 7.15. The van der Waals surface area contributed by atoms with Crippen molar-refractivity contribution < 1.29 is 13.2 Å². The van der Waals surface area contributed by atoms with Crippen molar-refractivity contribution >= 4 is 16.1 Å². The van der Waals surface area contributed by atoms with Crippen LogP contribution in [0.3, 0.4) is 0 Å². The van der Waals surface area contributed by atoms with Crippen LogP contribution in [0.1, 0.15) is 53.4 Å². The van der Waals surface area contributed by atoms with E-state index in [2.05, 4.69) is 26.1 Å². The zero-order valence-electron chi connectivity index (χ0n) is 14.8. The molecule has 0 saturated carbocycles. The summed E-state index contributed by atoms with van der Waals surface area (Å²) in [6, 6.07) is -0.0662. The Balaban J connectivity index is 2.06. The largest absolute Gasteiger partial charge is 0.352 e. The average Bonchev–Trinajstić information content (AvgIpc) is 2.82. The van der Waals surface area contributed by atoms with E-state index in [0.717, 1.165) is 25.7 Å². The quantitative estimate of drug-likeness (QED) is 0.823. The average molecular weight is 346 g/mol. The van der Waals surface area contributed by atoms with Crippen LogP contribution in [0.25, 0.3) is 0 Å². The number of piperidine rings is 1. The minimum atomic E-state index is -3.42. The van der Waals surface area contributed by atoms with Crippen LogP contribution in [0, 0.1) is 11.3 Å². The van der Waals surface area contributed by atoms with Crippen LogP contribution < -0.4 is 5.32 Å². The SMILES string of the molecule is CCC[C@H]1CN(S(=O)(=O)N2CCC(C)(C)CC2)C[C@@H]1NC(C)=O. The second kappa shape index (κ2) is 7.07. The second-order valence-corrected chi connectivity index (χ2v) is 9.67. The molecule has 0 aromatic heterocycles. The molecule has 2 atom stereocenters. The van der Waals surface area contributed by atoms with Crippen LogP contribution in [0.4, 0.5) is 0 Å². The lowest BCUT2D eigenvalue weighted by Gasteiger charge is -2.37. The van der Waals surface area contributed by atoms with Crippen molar-refractivity contribution in [1.29, 1.82) is 0 Å². The molecule has 2 fully saturated rings. The summed E-state index contributed by atoms with van der Waals surface area (Å²) in [5.41, 5.74) is 0.223. The second-order valence-electron chi connectivity index (χ2n) is 7.74. The first-order chi connectivity index (χ1) is 10.7. The number of hydrogen-bond acceptors (Lipinski definition) is 3. The van der Waals surface area contributed by atoms with Gasteiger partial charge in [-0.1, -0.05) is 27.2 Å². The first-order valence-electron chi connectivity index (χ1n) is 8.68. The Morgan fingerprint density at radius 3 is 2.30 bits per heavy atom. The molecular weight excluding hydrogens is 314 g/mol. The van der Waals surface area contributed by atoms with E-state index in [1.807, 2.05) is 0 Å². The van der Waals surface area contributed by atoms with Gasteiger partial charge in [-0.15, -0.1) is 0 Å². The first kappa shape index (κ1) is 18.7. The van der Waals surface area contributed by atoms with Gasteiger partial charge in [0.25, 0.3) is 10.2 Å². The van der Waals surface area contributed by atoms with E-state index >= 15 is 0 Å². The molecule has 2 aliphatic heterocycles. The van der Waals surface area contributed by atoms with E-state index in [1.54, 1.807) is 8.61 Å². The normalized spacial score (nSPS) is 29.6. The predicted octanol–water partition coefficient (Wildman–Crippen LogP) is 1.59. The van der Waals surface area contributed by atoms with Crippen LogP contribution in [0.2, 0.25) is 0 Å². The molecule has 1 amide bonds. The third kappa shape index (κ3) is 4.45. The summed E-state index contributed by atoms with van der Waals surface area (Å²) in [6.07, 6.45) is 3.72. The Morgan fingerprint density at radius 2 is 1.78 bits per heavy atom. The fourth-order valence-electron chi connectivity index (χ4n) is 3.59. The number of carbonyl (C=O) groups is 1. The topological polar surface area (TPSA) is 69.7 Å². The Morgan fingerprint density at radius 1 is 1.17 bits per heavy atom. The number of nitrogens with one attached hydrogen (secondary N) is 1. The van der Waals surface area contributed by atoms with Crippen molar-refractivity contribution in [3.8, 4) is 0 Å². The minimum Gasteiger partial charge on any atom is -0.352 e. The molecule has 23 heavy (non-hydrogen) atoms. The van der Waals surface area contributed by atoms with Gasteiger partial charge in [0, 0.05) is 39.1 Å². The third-order valence-electron chi connectivity index (χ3n) is 5.18. The van der Waals surface area contributed by atoms with Crippen LogP contribution >= 0.6 is 0 Å². The van der Waals surface area contributed by atoms with Crippen molar-refractivity contribution in [3.63, 3.8) is 0 Å². The van der Waals surface area contributed by atoms with Crippen LogP contribution in [0.5, 0.6) is 0 Å². The summed E-state index contributed by atoms with van der Waals surface area (Å²) >= 11 is 0. The zero-order chi connectivity index (χ0) is 17.3. The van der Waals surface area contributed by atoms with Crippen molar-refractivity contribution in [1.82, 2.24) is 13.9 Å². The van der Waals surface area contributed by atoms with Gasteiger partial charge < -0.3 is 5.32 Å². The van der Waals surface area contributed by atoms with Gasteiger partial charge in [0.15, 0.2) is 0 Å². The van der Waals surface area contributed by atoms with Gasteiger partial charge in [-0.05, 0) is 30.6 Å². The van der Waals surface area contributed by atoms with E-state index in [0.29, 0.717) is 26.2 Å². The molecule has 2 saturated heterocycles. The smallest absolute Gasteiger partial charge is 0.282 e. The molecule has 0 unspecified atom stereocenters. The van der Waals surface area contributed by atoms with Crippen molar-refractivity contribution in [3.05, 3.63) is 0 Å². The molecule has 2 rings (SSSR count). The summed E-state index contributed by atoms with van der Waals surface area (Å²) in [5, 5.41) is 2.93. The van der Waals surface area contributed by atoms with Crippen LogP contribution in [-0.2, 0) is 15.0 Å². The maximum Gasteiger partial charge on any atom is 0.282 e. The summed E-state index contributed by atoms with van der Waals surface area (Å²) in [5.74, 6) is 0.120. The highest BCUT2D eigenvalue weighted by molar-refractivity contribution is 7.86. The molecule has 2 aliphatic rings.